The minimum Gasteiger partial charge on any atom is -0.326 e. The number of nitrogens with two attached hydrogens (primary N) is 1. The molecule has 0 aromatic heterocycles. The number of hydrogen-bond acceptors (Lipinski definition) is 2. The van der Waals surface area contributed by atoms with Crippen molar-refractivity contribution in [3.05, 3.63) is 35.1 Å². The minimum atomic E-state index is -0.192. The lowest BCUT2D eigenvalue weighted by Crippen LogP contribution is -2.32. The van der Waals surface area contributed by atoms with Gasteiger partial charge >= 0.3 is 0 Å². The number of nitrogens with zero attached hydrogens (tertiary/aromatic N) is 1. The normalized spacial score (nSPS) is 20.8. The third kappa shape index (κ3) is 2.90. The van der Waals surface area contributed by atoms with Crippen LogP contribution in [0.15, 0.2) is 18.2 Å². The van der Waals surface area contributed by atoms with Crippen molar-refractivity contribution < 1.29 is 4.39 Å². The van der Waals surface area contributed by atoms with Crippen LogP contribution in [0.5, 0.6) is 0 Å². The molecule has 1 saturated heterocycles. The van der Waals surface area contributed by atoms with E-state index < -0.39 is 0 Å². The molecule has 2 N–H and O–H groups in total. The molecule has 0 aliphatic carbocycles. The van der Waals surface area contributed by atoms with Gasteiger partial charge in [0.25, 0.3) is 0 Å². The molecular weight excluding hydrogens is 227 g/mol. The van der Waals surface area contributed by atoms with Gasteiger partial charge in [-0.1, -0.05) is 26.0 Å². The second kappa shape index (κ2) is 5.81. The summed E-state index contributed by atoms with van der Waals surface area (Å²) in [5, 5.41) is 0. The number of rotatable bonds is 4. The lowest BCUT2D eigenvalue weighted by molar-refractivity contribution is 0.199. The Balaban J connectivity index is 2.09. The highest BCUT2D eigenvalue weighted by Crippen LogP contribution is 2.25. The van der Waals surface area contributed by atoms with E-state index in [0.717, 1.165) is 13.1 Å². The maximum Gasteiger partial charge on any atom is 0.127 e. The average Bonchev–Trinajstić information content (AvgIpc) is 2.80. The van der Waals surface area contributed by atoms with Crippen molar-refractivity contribution in [3.63, 3.8) is 0 Å². The number of halogens is 1. The summed E-state index contributed by atoms with van der Waals surface area (Å²) < 4.78 is 13.4. The first kappa shape index (κ1) is 13.5. The van der Waals surface area contributed by atoms with Gasteiger partial charge in [0.05, 0.1) is 0 Å². The van der Waals surface area contributed by atoms with Crippen LogP contribution in [0.25, 0.3) is 0 Å². The van der Waals surface area contributed by atoms with Gasteiger partial charge in [0.1, 0.15) is 5.82 Å². The summed E-state index contributed by atoms with van der Waals surface area (Å²) >= 11 is 0. The molecule has 1 unspecified atom stereocenters. The van der Waals surface area contributed by atoms with Crippen molar-refractivity contribution in [1.82, 2.24) is 4.90 Å². The lowest BCUT2D eigenvalue weighted by atomic mass is 10.0. The van der Waals surface area contributed by atoms with E-state index in [1.807, 2.05) is 12.1 Å². The van der Waals surface area contributed by atoms with Crippen LogP contribution in [0, 0.1) is 11.7 Å². The van der Waals surface area contributed by atoms with Gasteiger partial charge < -0.3 is 5.73 Å². The summed E-state index contributed by atoms with van der Waals surface area (Å²) in [7, 11) is 0. The minimum absolute atomic E-state index is 0.192. The molecule has 18 heavy (non-hydrogen) atoms. The van der Waals surface area contributed by atoms with Crippen LogP contribution in [0.1, 0.15) is 37.8 Å². The summed E-state index contributed by atoms with van der Waals surface area (Å²) in [6.07, 6.45) is 2.55. The van der Waals surface area contributed by atoms with Gasteiger partial charge in [0, 0.05) is 24.7 Å². The predicted molar refractivity (Wildman–Crippen MR) is 72.6 cm³/mol. The third-order valence-corrected chi connectivity index (χ3v) is 3.90. The van der Waals surface area contributed by atoms with Gasteiger partial charge in [0.2, 0.25) is 0 Å². The number of likely N-dealkylation sites (tertiary alicyclic amines) is 1. The Morgan fingerprint density at radius 3 is 2.89 bits per heavy atom. The third-order valence-electron chi connectivity index (χ3n) is 3.90. The average molecular weight is 250 g/mol. The first-order valence-electron chi connectivity index (χ1n) is 6.83. The van der Waals surface area contributed by atoms with E-state index >= 15 is 0 Å². The lowest BCUT2D eigenvalue weighted by Gasteiger charge is -2.27. The summed E-state index contributed by atoms with van der Waals surface area (Å²) in [5.41, 5.74) is 7.34. The van der Waals surface area contributed by atoms with Crippen LogP contribution in [0.4, 0.5) is 4.39 Å². The maximum atomic E-state index is 13.4. The molecular formula is C15H23FN2. The van der Waals surface area contributed by atoms with Crippen LogP contribution in [-0.2, 0) is 13.1 Å². The van der Waals surface area contributed by atoms with E-state index in [-0.39, 0.29) is 12.4 Å². The van der Waals surface area contributed by atoms with E-state index in [1.54, 1.807) is 0 Å². The van der Waals surface area contributed by atoms with E-state index in [0.29, 0.717) is 17.5 Å². The molecule has 100 valence electrons. The van der Waals surface area contributed by atoms with E-state index in [4.69, 9.17) is 5.73 Å². The smallest absolute Gasteiger partial charge is 0.127 e. The van der Waals surface area contributed by atoms with E-state index in [2.05, 4.69) is 18.7 Å². The van der Waals surface area contributed by atoms with Crippen molar-refractivity contribution in [3.8, 4) is 0 Å². The monoisotopic (exact) mass is 250 g/mol. The molecule has 0 bridgehead atoms. The SMILES string of the molecule is CC(C)C1CCCN1Cc1ccc(F)c(CN)c1. The van der Waals surface area contributed by atoms with Crippen LogP contribution < -0.4 is 5.73 Å². The standard InChI is InChI=1S/C15H23FN2/c1-11(2)15-4-3-7-18(15)10-12-5-6-14(16)13(8-12)9-17/h5-6,8,11,15H,3-4,7,9-10,17H2,1-2H3. The Hall–Kier alpha value is -0.930. The Labute approximate surface area is 109 Å². The van der Waals surface area contributed by atoms with Crippen LogP contribution in [-0.4, -0.2) is 17.5 Å². The van der Waals surface area contributed by atoms with Crippen molar-refractivity contribution in [2.24, 2.45) is 11.7 Å². The highest BCUT2D eigenvalue weighted by molar-refractivity contribution is 5.25. The molecule has 0 spiro atoms. The molecule has 1 aliphatic rings. The molecule has 1 aliphatic heterocycles. The highest BCUT2D eigenvalue weighted by atomic mass is 19.1. The molecule has 0 amide bonds. The molecule has 2 nitrogen and oxygen atoms in total. The second-order valence-electron chi connectivity index (χ2n) is 5.55. The molecule has 3 heteroatoms. The second-order valence-corrected chi connectivity index (χ2v) is 5.55. The molecule has 0 radical (unpaired) electrons. The summed E-state index contributed by atoms with van der Waals surface area (Å²) in [5.74, 6) is 0.491. The predicted octanol–water partition coefficient (Wildman–Crippen LogP) is 2.90. The van der Waals surface area contributed by atoms with Crippen LogP contribution in [0.2, 0.25) is 0 Å². The zero-order chi connectivity index (χ0) is 13.1. The van der Waals surface area contributed by atoms with Crippen molar-refractivity contribution in [2.45, 2.75) is 45.8 Å². The topological polar surface area (TPSA) is 29.3 Å². The summed E-state index contributed by atoms with van der Waals surface area (Å²) in [6.45, 7) is 6.89. The molecule has 1 fully saturated rings. The molecule has 1 heterocycles. The van der Waals surface area contributed by atoms with Crippen molar-refractivity contribution >= 4 is 0 Å². The molecule has 1 atom stereocenters. The van der Waals surface area contributed by atoms with Crippen LogP contribution >= 0.6 is 0 Å². The Bertz CT molecular complexity index is 403. The van der Waals surface area contributed by atoms with E-state index in [1.165, 1.54) is 24.5 Å². The maximum absolute atomic E-state index is 13.4. The number of hydrogen-bond donors (Lipinski definition) is 1. The zero-order valence-corrected chi connectivity index (χ0v) is 11.3. The van der Waals surface area contributed by atoms with Gasteiger partial charge in [0.15, 0.2) is 0 Å². The van der Waals surface area contributed by atoms with Gasteiger partial charge in [-0.15, -0.1) is 0 Å². The van der Waals surface area contributed by atoms with Gasteiger partial charge in [-0.25, -0.2) is 4.39 Å². The summed E-state index contributed by atoms with van der Waals surface area (Å²) in [6, 6.07) is 5.99. The Morgan fingerprint density at radius 2 is 2.22 bits per heavy atom. The van der Waals surface area contributed by atoms with Crippen molar-refractivity contribution in [2.75, 3.05) is 6.54 Å². The molecule has 0 saturated carbocycles. The van der Waals surface area contributed by atoms with Gasteiger partial charge in [-0.2, -0.15) is 0 Å². The fourth-order valence-electron chi connectivity index (χ4n) is 2.92. The molecule has 1 aromatic rings. The van der Waals surface area contributed by atoms with Gasteiger partial charge in [-0.05, 0) is 36.9 Å². The highest BCUT2D eigenvalue weighted by Gasteiger charge is 2.26. The largest absolute Gasteiger partial charge is 0.326 e. The summed E-state index contributed by atoms with van der Waals surface area (Å²) in [4.78, 5) is 2.51. The Kier molecular flexibility index (Phi) is 4.36. The Morgan fingerprint density at radius 1 is 1.44 bits per heavy atom. The first-order valence-corrected chi connectivity index (χ1v) is 6.83. The van der Waals surface area contributed by atoms with Crippen molar-refractivity contribution in [1.29, 1.82) is 0 Å². The van der Waals surface area contributed by atoms with Crippen LogP contribution in [0.3, 0.4) is 0 Å². The molecule has 1 aromatic carbocycles. The quantitative estimate of drug-likeness (QED) is 0.890. The number of benzene rings is 1. The van der Waals surface area contributed by atoms with Gasteiger partial charge in [-0.3, -0.25) is 4.90 Å². The fraction of sp³-hybridized carbons (Fsp3) is 0.600. The van der Waals surface area contributed by atoms with E-state index in [9.17, 15) is 4.39 Å². The molecule has 2 rings (SSSR count). The zero-order valence-electron chi connectivity index (χ0n) is 11.3. The first-order chi connectivity index (χ1) is 8.61. The fourth-order valence-corrected chi connectivity index (χ4v) is 2.92.